The monoisotopic (exact) mass is 991 g/mol. The molecule has 2 heterocycles. The fraction of sp³-hybridized carbons (Fsp3) is 0.791. The fourth-order valence-corrected chi connectivity index (χ4v) is 7.65. The molecule has 2 aliphatic heterocycles. The second-order valence-electron chi connectivity index (χ2n) is 14.6. The van der Waals surface area contributed by atoms with Crippen molar-refractivity contribution >= 4 is 29.7 Å². The fourth-order valence-electron chi connectivity index (χ4n) is 6.11. The van der Waals surface area contributed by atoms with Crippen LogP contribution >= 0.6 is 11.8 Å². The zero-order valence-corrected chi connectivity index (χ0v) is 39.0. The van der Waals surface area contributed by atoms with Gasteiger partial charge in [0.1, 0.15) is 0 Å². The van der Waals surface area contributed by atoms with Crippen molar-refractivity contribution in [2.45, 2.75) is 49.4 Å². The Morgan fingerprint density at radius 2 is 0.925 bits per heavy atom. The third-order valence-corrected chi connectivity index (χ3v) is 11.0. The molecular formula is C43H69F4N3O16S. The summed E-state index contributed by atoms with van der Waals surface area (Å²) in [7, 11) is 0. The Balaban J connectivity index is 0.896. The molecule has 3 unspecified atom stereocenters. The van der Waals surface area contributed by atoms with Gasteiger partial charge in [-0.1, -0.05) is 6.42 Å². The lowest BCUT2D eigenvalue weighted by Crippen LogP contribution is -2.36. The van der Waals surface area contributed by atoms with Crippen molar-refractivity contribution in [3.8, 4) is 5.75 Å². The minimum atomic E-state index is -1.80. The molecule has 0 bridgehead atoms. The number of halogens is 4. The molecule has 2 saturated heterocycles. The van der Waals surface area contributed by atoms with E-state index in [1.165, 1.54) is 0 Å². The van der Waals surface area contributed by atoms with Gasteiger partial charge in [-0.15, -0.1) is 0 Å². The van der Waals surface area contributed by atoms with Gasteiger partial charge >= 0.3 is 12.0 Å². The second-order valence-corrected chi connectivity index (χ2v) is 15.9. The van der Waals surface area contributed by atoms with Gasteiger partial charge in [0.15, 0.2) is 11.6 Å². The van der Waals surface area contributed by atoms with Crippen molar-refractivity contribution in [3.05, 3.63) is 29.3 Å². The molecule has 0 spiro atoms. The van der Waals surface area contributed by atoms with Gasteiger partial charge in [-0.05, 0) is 12.8 Å². The molecule has 2 fully saturated rings. The molecular weight excluding hydrogens is 923 g/mol. The van der Waals surface area contributed by atoms with Crippen molar-refractivity contribution in [2.75, 3.05) is 171 Å². The van der Waals surface area contributed by atoms with Crippen LogP contribution in [0.15, 0.2) is 6.07 Å². The summed E-state index contributed by atoms with van der Waals surface area (Å²) < 4.78 is 123. The van der Waals surface area contributed by atoms with Crippen molar-refractivity contribution in [1.29, 1.82) is 0 Å². The maximum absolute atomic E-state index is 13.6. The Kier molecular flexibility index (Phi) is 33.8. The number of thioether (sulfide) groups is 1. The highest BCUT2D eigenvalue weighted by molar-refractivity contribution is 8.00. The van der Waals surface area contributed by atoms with Gasteiger partial charge in [0.2, 0.25) is 23.3 Å². The van der Waals surface area contributed by atoms with E-state index >= 15 is 0 Å². The zero-order valence-electron chi connectivity index (χ0n) is 38.2. The Labute approximate surface area is 393 Å². The summed E-state index contributed by atoms with van der Waals surface area (Å²) in [5.74, 6) is -8.53. The molecule has 0 saturated carbocycles. The molecule has 3 N–H and O–H groups in total. The summed E-state index contributed by atoms with van der Waals surface area (Å²) in [6.07, 6.45) is 2.88. The van der Waals surface area contributed by atoms with E-state index in [4.69, 9.17) is 56.8 Å². The lowest BCUT2D eigenvalue weighted by Gasteiger charge is -2.16. The summed E-state index contributed by atoms with van der Waals surface area (Å²) in [5.41, 5.74) is 0. The maximum Gasteiger partial charge on any atom is 0.315 e. The van der Waals surface area contributed by atoms with Crippen LogP contribution in [-0.2, 0) is 66.4 Å². The molecule has 0 aliphatic carbocycles. The molecule has 1 aromatic rings. The zero-order chi connectivity index (χ0) is 48.0. The third kappa shape index (κ3) is 28.3. The highest BCUT2D eigenvalue weighted by atomic mass is 32.2. The van der Waals surface area contributed by atoms with Crippen molar-refractivity contribution in [2.24, 2.45) is 0 Å². The lowest BCUT2D eigenvalue weighted by molar-refractivity contribution is -0.136. The lowest BCUT2D eigenvalue weighted by atomic mass is 10.0. The van der Waals surface area contributed by atoms with Crippen LogP contribution < -0.4 is 20.7 Å². The minimum Gasteiger partial charge on any atom is -0.420 e. The number of ether oxygens (including phenoxy) is 13. The number of urea groups is 1. The highest BCUT2D eigenvalue weighted by Gasteiger charge is 2.42. The van der Waals surface area contributed by atoms with Crippen LogP contribution in [0.4, 0.5) is 22.4 Å². The first-order chi connectivity index (χ1) is 32.8. The van der Waals surface area contributed by atoms with Crippen LogP contribution in [0.3, 0.4) is 0 Å². The van der Waals surface area contributed by atoms with Crippen LogP contribution in [-0.4, -0.2) is 206 Å². The number of hydrogen-bond donors (Lipinski definition) is 3. The van der Waals surface area contributed by atoms with E-state index in [0.29, 0.717) is 157 Å². The van der Waals surface area contributed by atoms with Gasteiger partial charge < -0.3 is 77.5 Å². The van der Waals surface area contributed by atoms with Crippen molar-refractivity contribution in [3.63, 3.8) is 0 Å². The smallest absolute Gasteiger partial charge is 0.315 e. The molecule has 19 nitrogen and oxygen atoms in total. The van der Waals surface area contributed by atoms with Crippen LogP contribution in [0.25, 0.3) is 0 Å². The van der Waals surface area contributed by atoms with Crippen molar-refractivity contribution < 1.29 is 93.5 Å². The molecule has 3 atom stereocenters. The highest BCUT2D eigenvalue weighted by Crippen LogP contribution is 2.33. The molecule has 3 amide bonds. The molecule has 1 aromatic carbocycles. The van der Waals surface area contributed by atoms with Gasteiger partial charge in [0.25, 0.3) is 0 Å². The van der Waals surface area contributed by atoms with E-state index in [-0.39, 0.29) is 49.9 Å². The molecule has 3 rings (SSSR count). The molecule has 0 aromatic heterocycles. The third-order valence-electron chi connectivity index (χ3n) is 9.48. The number of carbonyl (C=O) groups is 3. The van der Waals surface area contributed by atoms with Crippen LogP contribution in [0.2, 0.25) is 0 Å². The molecule has 2 aliphatic rings. The Hall–Kier alpha value is -2.98. The average Bonchev–Trinajstić information content (AvgIpc) is 3.88. The Morgan fingerprint density at radius 1 is 0.537 bits per heavy atom. The summed E-state index contributed by atoms with van der Waals surface area (Å²) in [6.45, 7) is 9.49. The first-order valence-corrected chi connectivity index (χ1v) is 23.7. The van der Waals surface area contributed by atoms with Gasteiger partial charge in [-0.3, -0.25) is 9.59 Å². The van der Waals surface area contributed by atoms with E-state index in [0.717, 1.165) is 25.0 Å². The summed E-state index contributed by atoms with van der Waals surface area (Å²) in [5, 5.41) is 9.25. The van der Waals surface area contributed by atoms with E-state index in [1.54, 1.807) is 0 Å². The van der Waals surface area contributed by atoms with Crippen molar-refractivity contribution in [1.82, 2.24) is 16.0 Å². The topological polar surface area (TPSA) is 207 Å². The maximum atomic E-state index is 13.6. The number of benzene rings is 1. The number of amides is 3. The first-order valence-electron chi connectivity index (χ1n) is 22.7. The quantitative estimate of drug-likeness (QED) is 0.0214. The minimum absolute atomic E-state index is 0.0161. The number of nitrogens with one attached hydrogen (secondary N) is 3. The number of unbranched alkanes of at least 4 members (excludes halogenated alkanes) is 1. The number of hydrogen-bond acceptors (Lipinski definition) is 17. The van der Waals surface area contributed by atoms with E-state index < -0.39 is 41.4 Å². The van der Waals surface area contributed by atoms with Gasteiger partial charge in [0.05, 0.1) is 177 Å². The molecule has 0 radical (unpaired) electrons. The Morgan fingerprint density at radius 3 is 1.34 bits per heavy atom. The predicted molar refractivity (Wildman–Crippen MR) is 233 cm³/mol. The molecule has 67 heavy (non-hydrogen) atoms. The summed E-state index contributed by atoms with van der Waals surface area (Å²) in [4.78, 5) is 35.2. The van der Waals surface area contributed by atoms with E-state index in [9.17, 15) is 31.9 Å². The van der Waals surface area contributed by atoms with Gasteiger partial charge in [-0.25, -0.2) is 13.6 Å². The van der Waals surface area contributed by atoms with Crippen LogP contribution in [0.1, 0.15) is 32.1 Å². The number of rotatable bonds is 45. The average molecular weight is 992 g/mol. The van der Waals surface area contributed by atoms with Gasteiger partial charge in [-0.2, -0.15) is 20.5 Å². The Bertz CT molecular complexity index is 1460. The normalized spacial score (nSPS) is 16.6. The largest absolute Gasteiger partial charge is 0.420 e. The van der Waals surface area contributed by atoms with Crippen LogP contribution in [0.5, 0.6) is 5.75 Å². The summed E-state index contributed by atoms with van der Waals surface area (Å²) >= 11 is 1.89. The predicted octanol–water partition coefficient (Wildman–Crippen LogP) is 2.58. The SMILES string of the molecule is O=C(CCCCC1SCC2NC(=O)NC21)NCCOCCOCCOCCOCCOCCOCCOCCOCCOCCOCCOCCOCCC(=O)Oc1c(F)c(F)cc(F)c1F. The standard InChI is InChI=1S/C43H69F4N3O16S/c44-33-31-34(45)40(47)42(39(33)46)66-38(52)5-7-54-9-11-56-13-15-58-17-19-60-21-23-62-25-27-64-29-30-65-28-26-63-24-22-61-20-18-59-16-14-57-12-10-55-8-6-48-37(51)4-2-1-3-36-41-35(32-67-36)49-43(53)50-41/h31,35-36,41H,1-30,32H2,(H,48,51)(H2,49,50,53). The van der Waals surface area contributed by atoms with E-state index in [2.05, 4.69) is 20.7 Å². The van der Waals surface area contributed by atoms with Gasteiger partial charge in [0, 0.05) is 30.0 Å². The number of carbonyl (C=O) groups excluding carboxylic acids is 3. The van der Waals surface area contributed by atoms with Crippen LogP contribution in [0, 0.1) is 23.3 Å². The number of esters is 1. The summed E-state index contributed by atoms with van der Waals surface area (Å²) in [6, 6.07) is 0.384. The molecule has 386 valence electrons. The first kappa shape index (κ1) is 58.3. The number of fused-ring (bicyclic) bond motifs is 1. The molecule has 24 heteroatoms. The van der Waals surface area contributed by atoms with E-state index in [1.807, 2.05) is 11.8 Å². The second kappa shape index (κ2) is 38.8.